The SMILES string of the molecule is Cc1cccc(NC(=O)[C@H]2C[C@H](O)CN2C(=O)OCc2ccccc2)c1. The van der Waals surface area contributed by atoms with Crippen molar-refractivity contribution in [1.82, 2.24) is 4.90 Å². The molecule has 2 aromatic carbocycles. The number of anilines is 1. The van der Waals surface area contributed by atoms with E-state index >= 15 is 0 Å². The first kappa shape index (κ1) is 17.9. The standard InChI is InChI=1S/C20H22N2O4/c1-14-6-5-9-16(10-14)21-19(24)18-11-17(23)12-22(18)20(25)26-13-15-7-3-2-4-8-15/h2-10,17-18,23H,11-13H2,1H3,(H,21,24)/t17-,18+/m0/s1. The van der Waals surface area contributed by atoms with Gasteiger partial charge in [-0.15, -0.1) is 0 Å². The molecule has 2 aromatic rings. The van der Waals surface area contributed by atoms with Gasteiger partial charge in [-0.1, -0.05) is 42.5 Å². The molecular formula is C20H22N2O4. The number of hydrogen-bond acceptors (Lipinski definition) is 4. The van der Waals surface area contributed by atoms with E-state index in [9.17, 15) is 14.7 Å². The third-order valence-electron chi connectivity index (χ3n) is 4.31. The summed E-state index contributed by atoms with van der Waals surface area (Å²) in [6.07, 6.45) is -1.15. The van der Waals surface area contributed by atoms with Gasteiger partial charge in [-0.25, -0.2) is 4.79 Å². The highest BCUT2D eigenvalue weighted by Gasteiger charge is 2.39. The zero-order valence-electron chi connectivity index (χ0n) is 14.6. The third kappa shape index (κ3) is 4.40. The summed E-state index contributed by atoms with van der Waals surface area (Å²) in [7, 11) is 0. The largest absolute Gasteiger partial charge is 0.445 e. The van der Waals surface area contributed by atoms with E-state index < -0.39 is 18.2 Å². The first-order chi connectivity index (χ1) is 12.5. The molecule has 2 atom stereocenters. The van der Waals surface area contributed by atoms with Crippen LogP contribution in [-0.2, 0) is 16.1 Å². The molecule has 0 spiro atoms. The van der Waals surface area contributed by atoms with E-state index in [1.807, 2.05) is 55.5 Å². The minimum atomic E-state index is -0.756. The van der Waals surface area contributed by atoms with Crippen LogP contribution in [0.1, 0.15) is 17.5 Å². The number of likely N-dealkylation sites (tertiary alicyclic amines) is 1. The number of hydrogen-bond donors (Lipinski definition) is 2. The predicted molar refractivity (Wildman–Crippen MR) is 97.6 cm³/mol. The fourth-order valence-electron chi connectivity index (χ4n) is 3.01. The number of aliphatic hydroxyl groups is 1. The van der Waals surface area contributed by atoms with Gasteiger partial charge in [0.15, 0.2) is 0 Å². The number of aryl methyl sites for hydroxylation is 1. The van der Waals surface area contributed by atoms with Crippen molar-refractivity contribution in [2.45, 2.75) is 32.1 Å². The van der Waals surface area contributed by atoms with Gasteiger partial charge < -0.3 is 15.2 Å². The smallest absolute Gasteiger partial charge is 0.410 e. The molecule has 0 bridgehead atoms. The van der Waals surface area contributed by atoms with Crippen molar-refractivity contribution in [1.29, 1.82) is 0 Å². The normalized spacial score (nSPS) is 19.2. The Morgan fingerprint density at radius 1 is 1.19 bits per heavy atom. The second-order valence-electron chi connectivity index (χ2n) is 6.46. The van der Waals surface area contributed by atoms with Crippen LogP contribution >= 0.6 is 0 Å². The van der Waals surface area contributed by atoms with Gasteiger partial charge in [-0.2, -0.15) is 0 Å². The van der Waals surface area contributed by atoms with Crippen molar-refractivity contribution >= 4 is 17.7 Å². The van der Waals surface area contributed by atoms with E-state index in [2.05, 4.69) is 5.32 Å². The highest BCUT2D eigenvalue weighted by atomic mass is 16.6. The first-order valence-electron chi connectivity index (χ1n) is 8.56. The fraction of sp³-hybridized carbons (Fsp3) is 0.300. The molecule has 0 unspecified atom stereocenters. The van der Waals surface area contributed by atoms with E-state index in [1.54, 1.807) is 6.07 Å². The summed E-state index contributed by atoms with van der Waals surface area (Å²) in [5.41, 5.74) is 2.55. The van der Waals surface area contributed by atoms with Gasteiger partial charge >= 0.3 is 6.09 Å². The predicted octanol–water partition coefficient (Wildman–Crippen LogP) is 2.71. The summed E-state index contributed by atoms with van der Waals surface area (Å²) < 4.78 is 5.31. The molecule has 0 saturated carbocycles. The molecule has 6 heteroatoms. The summed E-state index contributed by atoms with van der Waals surface area (Å²) in [6, 6.07) is 16.0. The highest BCUT2D eigenvalue weighted by Crippen LogP contribution is 2.21. The van der Waals surface area contributed by atoms with E-state index in [4.69, 9.17) is 4.74 Å². The number of amides is 2. The van der Waals surface area contributed by atoms with Crippen LogP contribution in [0, 0.1) is 6.92 Å². The lowest BCUT2D eigenvalue weighted by Crippen LogP contribution is -2.43. The van der Waals surface area contributed by atoms with E-state index in [1.165, 1.54) is 4.90 Å². The van der Waals surface area contributed by atoms with Gasteiger partial charge in [0.05, 0.1) is 12.6 Å². The van der Waals surface area contributed by atoms with Crippen molar-refractivity contribution in [3.05, 3.63) is 65.7 Å². The molecule has 0 aliphatic carbocycles. The maximum Gasteiger partial charge on any atom is 0.410 e. The van der Waals surface area contributed by atoms with Crippen LogP contribution in [0.4, 0.5) is 10.5 Å². The molecule has 2 amide bonds. The van der Waals surface area contributed by atoms with Crippen molar-refractivity contribution in [3.8, 4) is 0 Å². The quantitative estimate of drug-likeness (QED) is 0.885. The number of β-amino-alcohol motifs (C(OH)–C–C–N with tert-alkyl or cyclic N) is 1. The van der Waals surface area contributed by atoms with Crippen molar-refractivity contribution in [2.75, 3.05) is 11.9 Å². The topological polar surface area (TPSA) is 78.9 Å². The maximum absolute atomic E-state index is 12.6. The molecule has 136 valence electrons. The number of ether oxygens (including phenoxy) is 1. The molecule has 3 rings (SSSR count). The number of aliphatic hydroxyl groups excluding tert-OH is 1. The van der Waals surface area contributed by atoms with Crippen LogP contribution < -0.4 is 5.32 Å². The van der Waals surface area contributed by atoms with Crippen LogP contribution in [0.3, 0.4) is 0 Å². The van der Waals surface area contributed by atoms with Crippen molar-refractivity contribution < 1.29 is 19.4 Å². The summed E-state index contributed by atoms with van der Waals surface area (Å²) in [5, 5.41) is 12.7. The van der Waals surface area contributed by atoms with Crippen LogP contribution in [0.5, 0.6) is 0 Å². The number of carbonyl (C=O) groups excluding carboxylic acids is 2. The van der Waals surface area contributed by atoms with Crippen LogP contribution in [-0.4, -0.2) is 40.7 Å². The van der Waals surface area contributed by atoms with Gasteiger partial charge in [-0.3, -0.25) is 9.69 Å². The Hall–Kier alpha value is -2.86. The molecule has 1 heterocycles. The monoisotopic (exact) mass is 354 g/mol. The Morgan fingerprint density at radius 2 is 1.96 bits per heavy atom. The fourth-order valence-corrected chi connectivity index (χ4v) is 3.01. The van der Waals surface area contributed by atoms with Crippen molar-refractivity contribution in [2.24, 2.45) is 0 Å². The molecule has 26 heavy (non-hydrogen) atoms. The number of nitrogens with zero attached hydrogens (tertiary/aromatic N) is 1. The molecule has 1 aliphatic heterocycles. The molecule has 0 radical (unpaired) electrons. The molecule has 2 N–H and O–H groups in total. The van der Waals surface area contributed by atoms with Crippen molar-refractivity contribution in [3.63, 3.8) is 0 Å². The van der Waals surface area contributed by atoms with E-state index in [0.717, 1.165) is 11.1 Å². The maximum atomic E-state index is 12.6. The van der Waals surface area contributed by atoms with Crippen LogP contribution in [0.25, 0.3) is 0 Å². The number of carbonyl (C=O) groups is 2. The highest BCUT2D eigenvalue weighted by molar-refractivity contribution is 5.97. The summed E-state index contributed by atoms with van der Waals surface area (Å²) in [4.78, 5) is 26.3. The molecular weight excluding hydrogens is 332 g/mol. The lowest BCUT2D eigenvalue weighted by atomic mass is 10.1. The van der Waals surface area contributed by atoms with E-state index in [-0.39, 0.29) is 25.5 Å². The van der Waals surface area contributed by atoms with Gasteiger partial charge in [0.2, 0.25) is 5.91 Å². The molecule has 1 aliphatic rings. The zero-order chi connectivity index (χ0) is 18.5. The Kier molecular flexibility index (Phi) is 5.53. The van der Waals surface area contributed by atoms with Gasteiger partial charge in [0.25, 0.3) is 0 Å². The number of rotatable bonds is 4. The second-order valence-corrected chi connectivity index (χ2v) is 6.46. The minimum absolute atomic E-state index is 0.0829. The van der Waals surface area contributed by atoms with Gasteiger partial charge in [-0.05, 0) is 30.2 Å². The van der Waals surface area contributed by atoms with Gasteiger partial charge in [0.1, 0.15) is 12.6 Å². The Labute approximate surface area is 152 Å². The average Bonchev–Trinajstić information content (AvgIpc) is 3.03. The Bertz CT molecular complexity index is 778. The summed E-state index contributed by atoms with van der Waals surface area (Å²) in [6.45, 7) is 2.14. The molecule has 1 saturated heterocycles. The summed E-state index contributed by atoms with van der Waals surface area (Å²) >= 11 is 0. The number of benzene rings is 2. The van der Waals surface area contributed by atoms with Gasteiger partial charge in [0, 0.05) is 12.1 Å². The Morgan fingerprint density at radius 3 is 2.69 bits per heavy atom. The van der Waals surface area contributed by atoms with Crippen LogP contribution in [0.15, 0.2) is 54.6 Å². The Balaban J connectivity index is 1.63. The lowest BCUT2D eigenvalue weighted by Gasteiger charge is -2.23. The van der Waals surface area contributed by atoms with E-state index in [0.29, 0.717) is 5.69 Å². The molecule has 0 aromatic heterocycles. The second kappa shape index (κ2) is 8.01. The molecule has 1 fully saturated rings. The molecule has 6 nitrogen and oxygen atoms in total. The summed E-state index contributed by atoms with van der Waals surface area (Å²) in [5.74, 6) is -0.330. The first-order valence-corrected chi connectivity index (χ1v) is 8.56. The minimum Gasteiger partial charge on any atom is -0.445 e. The lowest BCUT2D eigenvalue weighted by molar-refractivity contribution is -0.120. The zero-order valence-corrected chi connectivity index (χ0v) is 14.6. The third-order valence-corrected chi connectivity index (χ3v) is 4.31. The van der Waals surface area contributed by atoms with Crippen LogP contribution in [0.2, 0.25) is 0 Å². The number of nitrogens with one attached hydrogen (secondary N) is 1. The average molecular weight is 354 g/mol.